The molecule has 1 saturated carbocycles. The molecule has 56 valence electrons. The van der Waals surface area contributed by atoms with Gasteiger partial charge in [0.05, 0.1) is 6.42 Å². The van der Waals surface area contributed by atoms with Gasteiger partial charge in [-0.25, -0.2) is 0 Å². The van der Waals surface area contributed by atoms with E-state index in [0.717, 1.165) is 6.42 Å². The second-order valence-electron chi connectivity index (χ2n) is 3.70. The number of hydrogen-bond acceptors (Lipinski definition) is 2. The average molecular weight is 140 g/mol. The molecule has 0 N–H and O–H groups in total. The lowest BCUT2D eigenvalue weighted by atomic mass is 9.85. The molecule has 1 heterocycles. The van der Waals surface area contributed by atoms with Crippen LogP contribution in [0.2, 0.25) is 0 Å². The summed E-state index contributed by atoms with van der Waals surface area (Å²) < 4.78 is 5.15. The topological polar surface area (TPSA) is 26.3 Å². The molecule has 0 bridgehead atoms. The number of fused-ring (bicyclic) bond motifs is 1. The molecule has 0 amide bonds. The molecule has 1 aliphatic heterocycles. The summed E-state index contributed by atoms with van der Waals surface area (Å²) in [5, 5.41) is 0. The van der Waals surface area contributed by atoms with E-state index < -0.39 is 0 Å². The van der Waals surface area contributed by atoms with Crippen LogP contribution >= 0.6 is 0 Å². The van der Waals surface area contributed by atoms with E-state index >= 15 is 0 Å². The number of carbonyl (C=O) groups is 1. The third-order valence-electron chi connectivity index (χ3n) is 2.81. The maximum atomic E-state index is 10.8. The van der Waals surface area contributed by atoms with Crippen molar-refractivity contribution < 1.29 is 9.53 Å². The first kappa shape index (κ1) is 6.20. The van der Waals surface area contributed by atoms with Gasteiger partial charge >= 0.3 is 5.97 Å². The van der Waals surface area contributed by atoms with Crippen molar-refractivity contribution in [2.75, 3.05) is 0 Å². The Morgan fingerprint density at radius 2 is 2.50 bits per heavy atom. The molecule has 1 aliphatic carbocycles. The summed E-state index contributed by atoms with van der Waals surface area (Å²) >= 11 is 0. The minimum absolute atomic E-state index is 0.00667. The SMILES string of the molecule is C[C@]12CCC[C@H]1OC(=O)C2. The smallest absolute Gasteiger partial charge is 0.306 e. The van der Waals surface area contributed by atoms with Gasteiger partial charge in [-0.05, 0) is 19.3 Å². The highest BCUT2D eigenvalue weighted by Gasteiger charge is 2.48. The second kappa shape index (κ2) is 1.74. The number of hydrogen-bond donors (Lipinski definition) is 0. The van der Waals surface area contributed by atoms with E-state index in [0.29, 0.717) is 6.42 Å². The van der Waals surface area contributed by atoms with Crippen molar-refractivity contribution in [1.82, 2.24) is 0 Å². The van der Waals surface area contributed by atoms with Crippen molar-refractivity contribution in [1.29, 1.82) is 0 Å². The molecular formula is C8H12O2. The zero-order chi connectivity index (χ0) is 7.19. The van der Waals surface area contributed by atoms with Crippen LogP contribution in [-0.2, 0) is 9.53 Å². The van der Waals surface area contributed by atoms with Gasteiger partial charge in [-0.2, -0.15) is 0 Å². The summed E-state index contributed by atoms with van der Waals surface area (Å²) in [6.45, 7) is 2.16. The van der Waals surface area contributed by atoms with Crippen molar-refractivity contribution >= 4 is 5.97 Å². The van der Waals surface area contributed by atoms with Crippen LogP contribution in [0.15, 0.2) is 0 Å². The minimum atomic E-state index is 0.00667. The van der Waals surface area contributed by atoms with Crippen LogP contribution in [0.5, 0.6) is 0 Å². The predicted octanol–water partition coefficient (Wildman–Crippen LogP) is 1.49. The van der Waals surface area contributed by atoms with Crippen molar-refractivity contribution in [3.63, 3.8) is 0 Å². The van der Waals surface area contributed by atoms with E-state index in [1.807, 2.05) is 0 Å². The highest BCUT2D eigenvalue weighted by atomic mass is 16.6. The normalized spacial score (nSPS) is 45.3. The van der Waals surface area contributed by atoms with Crippen LogP contribution < -0.4 is 0 Å². The van der Waals surface area contributed by atoms with Crippen molar-refractivity contribution in [3.8, 4) is 0 Å². The second-order valence-corrected chi connectivity index (χ2v) is 3.70. The minimum Gasteiger partial charge on any atom is -0.462 e. The molecular weight excluding hydrogens is 128 g/mol. The van der Waals surface area contributed by atoms with E-state index in [1.54, 1.807) is 0 Å². The quantitative estimate of drug-likeness (QED) is 0.476. The molecule has 0 aromatic carbocycles. The maximum Gasteiger partial charge on any atom is 0.306 e. The Bertz CT molecular complexity index is 176. The summed E-state index contributed by atoms with van der Waals surface area (Å²) in [6.07, 6.45) is 4.39. The lowest BCUT2D eigenvalue weighted by Crippen LogP contribution is -2.20. The molecule has 2 fully saturated rings. The zero-order valence-electron chi connectivity index (χ0n) is 6.22. The van der Waals surface area contributed by atoms with Crippen molar-refractivity contribution in [2.45, 2.75) is 38.7 Å². The molecule has 2 heteroatoms. The first-order valence-corrected chi connectivity index (χ1v) is 3.90. The summed E-state index contributed by atoms with van der Waals surface area (Å²) in [4.78, 5) is 10.8. The fourth-order valence-corrected chi connectivity index (χ4v) is 2.13. The molecule has 0 unspecified atom stereocenters. The van der Waals surface area contributed by atoms with Gasteiger partial charge in [0.25, 0.3) is 0 Å². The van der Waals surface area contributed by atoms with Gasteiger partial charge in [-0.3, -0.25) is 4.79 Å². The van der Waals surface area contributed by atoms with E-state index in [1.165, 1.54) is 12.8 Å². The molecule has 2 atom stereocenters. The number of ether oxygens (including phenoxy) is 1. The fourth-order valence-electron chi connectivity index (χ4n) is 2.13. The van der Waals surface area contributed by atoms with E-state index in [9.17, 15) is 4.79 Å². The summed E-state index contributed by atoms with van der Waals surface area (Å²) in [7, 11) is 0. The molecule has 0 aromatic heterocycles. The molecule has 10 heavy (non-hydrogen) atoms. The van der Waals surface area contributed by atoms with Crippen LogP contribution in [0, 0.1) is 5.41 Å². The average Bonchev–Trinajstić information content (AvgIpc) is 2.20. The lowest BCUT2D eigenvalue weighted by molar-refractivity contribution is -0.141. The Morgan fingerprint density at radius 1 is 1.70 bits per heavy atom. The Hall–Kier alpha value is -0.530. The zero-order valence-corrected chi connectivity index (χ0v) is 6.22. The van der Waals surface area contributed by atoms with E-state index in [-0.39, 0.29) is 17.5 Å². The highest BCUT2D eigenvalue weighted by molar-refractivity contribution is 5.73. The standard InChI is InChI=1S/C8H12O2/c1-8-4-2-3-6(8)10-7(9)5-8/h6H,2-5H2,1H3/t6-,8-/m1/s1. The van der Waals surface area contributed by atoms with Crippen LogP contribution in [0.4, 0.5) is 0 Å². The Labute approximate surface area is 60.6 Å². The van der Waals surface area contributed by atoms with E-state index in [2.05, 4.69) is 6.92 Å². The Kier molecular flexibility index (Phi) is 1.08. The van der Waals surface area contributed by atoms with Gasteiger partial charge in [-0.1, -0.05) is 6.92 Å². The number of carbonyl (C=O) groups excluding carboxylic acids is 1. The predicted molar refractivity (Wildman–Crippen MR) is 36.5 cm³/mol. The summed E-state index contributed by atoms with van der Waals surface area (Å²) in [5.74, 6) is 0.00667. The third-order valence-corrected chi connectivity index (χ3v) is 2.81. The fraction of sp³-hybridized carbons (Fsp3) is 0.875. The molecule has 0 aromatic rings. The van der Waals surface area contributed by atoms with Crippen molar-refractivity contribution in [3.05, 3.63) is 0 Å². The van der Waals surface area contributed by atoms with Gasteiger partial charge in [0, 0.05) is 5.41 Å². The molecule has 0 radical (unpaired) electrons. The van der Waals surface area contributed by atoms with Crippen molar-refractivity contribution in [2.24, 2.45) is 5.41 Å². The maximum absolute atomic E-state index is 10.8. The molecule has 1 saturated heterocycles. The van der Waals surface area contributed by atoms with Crippen LogP contribution in [0.25, 0.3) is 0 Å². The van der Waals surface area contributed by atoms with Gasteiger partial charge < -0.3 is 4.74 Å². The highest BCUT2D eigenvalue weighted by Crippen LogP contribution is 2.47. The van der Waals surface area contributed by atoms with Gasteiger partial charge in [0.1, 0.15) is 6.10 Å². The summed E-state index contributed by atoms with van der Waals surface area (Å²) in [5.41, 5.74) is 0.205. The van der Waals surface area contributed by atoms with Crippen LogP contribution in [-0.4, -0.2) is 12.1 Å². The van der Waals surface area contributed by atoms with Gasteiger partial charge in [0.2, 0.25) is 0 Å². The molecule has 2 aliphatic rings. The monoisotopic (exact) mass is 140 g/mol. The largest absolute Gasteiger partial charge is 0.462 e. The van der Waals surface area contributed by atoms with Gasteiger partial charge in [0.15, 0.2) is 0 Å². The Morgan fingerprint density at radius 3 is 3.20 bits per heavy atom. The number of rotatable bonds is 0. The Balaban J connectivity index is 2.22. The lowest BCUT2D eigenvalue weighted by Gasteiger charge is -2.18. The van der Waals surface area contributed by atoms with E-state index in [4.69, 9.17) is 4.74 Å². The first-order chi connectivity index (χ1) is 4.71. The number of esters is 1. The van der Waals surface area contributed by atoms with Crippen LogP contribution in [0.1, 0.15) is 32.6 Å². The van der Waals surface area contributed by atoms with Gasteiger partial charge in [-0.15, -0.1) is 0 Å². The van der Waals surface area contributed by atoms with Crippen LogP contribution in [0.3, 0.4) is 0 Å². The molecule has 0 spiro atoms. The first-order valence-electron chi connectivity index (χ1n) is 3.90. The molecule has 2 rings (SSSR count). The molecule has 2 nitrogen and oxygen atoms in total. The summed E-state index contributed by atoms with van der Waals surface area (Å²) in [6, 6.07) is 0. The third kappa shape index (κ3) is 0.678.